The molecule has 9 heteroatoms. The normalized spacial score (nSPS) is 16.3. The van der Waals surface area contributed by atoms with Crippen molar-refractivity contribution < 1.29 is 19.1 Å². The van der Waals surface area contributed by atoms with Crippen LogP contribution in [0.3, 0.4) is 0 Å². The van der Waals surface area contributed by atoms with E-state index >= 15 is 0 Å². The van der Waals surface area contributed by atoms with Gasteiger partial charge in [-0.25, -0.2) is 4.79 Å². The van der Waals surface area contributed by atoms with Crippen molar-refractivity contribution in [3.8, 4) is 11.1 Å². The summed E-state index contributed by atoms with van der Waals surface area (Å²) in [5.74, 6) is -0.759. The molecule has 1 saturated heterocycles. The highest BCUT2D eigenvalue weighted by Crippen LogP contribution is 2.24. The van der Waals surface area contributed by atoms with Crippen LogP contribution >= 0.6 is 11.6 Å². The first kappa shape index (κ1) is 24.4. The van der Waals surface area contributed by atoms with Crippen LogP contribution < -0.4 is 16.2 Å². The second-order valence-corrected chi connectivity index (χ2v) is 8.69. The maximum atomic E-state index is 13.1. The third-order valence-electron chi connectivity index (χ3n) is 5.60. The van der Waals surface area contributed by atoms with Crippen molar-refractivity contribution in [3.05, 3.63) is 53.6 Å². The number of methoxy groups -OCH3 is 1. The van der Waals surface area contributed by atoms with Crippen LogP contribution in [0, 0.1) is 5.92 Å². The monoisotopic (exact) mass is 472 g/mol. The molecule has 0 bridgehead atoms. The number of hydrogen-bond donors (Lipinski definition) is 3. The first-order valence-corrected chi connectivity index (χ1v) is 11.2. The molecule has 0 aliphatic carbocycles. The van der Waals surface area contributed by atoms with Crippen LogP contribution in [0.25, 0.3) is 11.1 Å². The molecule has 1 aliphatic rings. The number of ether oxygens (including phenoxy) is 1. The Morgan fingerprint density at radius 1 is 1.09 bits per heavy atom. The van der Waals surface area contributed by atoms with Crippen LogP contribution in [0.5, 0.6) is 0 Å². The van der Waals surface area contributed by atoms with E-state index in [0.29, 0.717) is 30.1 Å². The number of anilines is 1. The van der Waals surface area contributed by atoms with Crippen LogP contribution in [0.2, 0.25) is 5.02 Å². The average Bonchev–Trinajstić information content (AvgIpc) is 3.31. The zero-order chi connectivity index (χ0) is 24.0. The van der Waals surface area contributed by atoms with Crippen molar-refractivity contribution >= 4 is 35.2 Å². The molecule has 1 fully saturated rings. The standard InChI is InChI=1S/C24H29ClN4O4/c1-15(2)21(26-24(32)33-3)23(31)29-13-5-8-20(29)22(30)28-27-19-7-4-6-17(14-19)16-9-11-18(25)12-10-16/h4,6-7,9-12,14-15,20-21,27H,5,8,13H2,1-3H3,(H,26,32)(H,28,30). The number of alkyl carbamates (subject to hydrolysis) is 1. The maximum Gasteiger partial charge on any atom is 0.407 e. The van der Waals surface area contributed by atoms with Crippen LogP contribution in [-0.2, 0) is 14.3 Å². The lowest BCUT2D eigenvalue weighted by atomic mass is 10.0. The summed E-state index contributed by atoms with van der Waals surface area (Å²) < 4.78 is 4.64. The van der Waals surface area contributed by atoms with Gasteiger partial charge in [-0.15, -0.1) is 0 Å². The molecule has 0 spiro atoms. The largest absolute Gasteiger partial charge is 0.453 e. The average molecular weight is 473 g/mol. The van der Waals surface area contributed by atoms with Gasteiger partial charge >= 0.3 is 6.09 Å². The number of halogens is 1. The van der Waals surface area contributed by atoms with Gasteiger partial charge in [0.1, 0.15) is 12.1 Å². The molecule has 3 amide bonds. The van der Waals surface area contributed by atoms with E-state index in [-0.39, 0.29) is 17.7 Å². The van der Waals surface area contributed by atoms with E-state index in [1.54, 1.807) is 0 Å². The smallest absolute Gasteiger partial charge is 0.407 e. The Morgan fingerprint density at radius 2 is 1.82 bits per heavy atom. The number of amides is 3. The molecule has 1 heterocycles. The third kappa shape index (κ3) is 6.16. The number of likely N-dealkylation sites (tertiary alicyclic amines) is 1. The van der Waals surface area contributed by atoms with Gasteiger partial charge in [-0.2, -0.15) is 0 Å². The fourth-order valence-electron chi connectivity index (χ4n) is 3.82. The van der Waals surface area contributed by atoms with Gasteiger partial charge < -0.3 is 15.0 Å². The lowest BCUT2D eigenvalue weighted by Crippen LogP contribution is -2.55. The summed E-state index contributed by atoms with van der Waals surface area (Å²) in [5.41, 5.74) is 8.34. The van der Waals surface area contributed by atoms with E-state index in [4.69, 9.17) is 11.6 Å². The second-order valence-electron chi connectivity index (χ2n) is 8.25. The number of carbonyl (C=O) groups is 3. The van der Waals surface area contributed by atoms with Gasteiger partial charge in [0.15, 0.2) is 0 Å². The number of carbonyl (C=O) groups excluding carboxylic acids is 3. The van der Waals surface area contributed by atoms with Gasteiger partial charge in [0.05, 0.1) is 12.8 Å². The predicted octanol–water partition coefficient (Wildman–Crippen LogP) is 3.82. The second kappa shape index (κ2) is 11.0. The Bertz CT molecular complexity index is 996. The van der Waals surface area contributed by atoms with Crippen molar-refractivity contribution in [2.75, 3.05) is 19.1 Å². The highest BCUT2D eigenvalue weighted by Gasteiger charge is 2.38. The molecule has 2 aromatic rings. The molecule has 2 unspecified atom stereocenters. The van der Waals surface area contributed by atoms with Crippen LogP contribution in [0.4, 0.5) is 10.5 Å². The van der Waals surface area contributed by atoms with Crippen molar-refractivity contribution in [2.24, 2.45) is 5.92 Å². The number of benzene rings is 2. The fourth-order valence-corrected chi connectivity index (χ4v) is 3.94. The summed E-state index contributed by atoms with van der Waals surface area (Å²) in [6.07, 6.45) is 0.580. The molecule has 2 atom stereocenters. The predicted molar refractivity (Wildman–Crippen MR) is 128 cm³/mol. The summed E-state index contributed by atoms with van der Waals surface area (Å²) in [7, 11) is 1.25. The Balaban J connectivity index is 1.65. The molecular formula is C24H29ClN4O4. The van der Waals surface area contributed by atoms with Crippen molar-refractivity contribution in [2.45, 2.75) is 38.8 Å². The van der Waals surface area contributed by atoms with Crippen molar-refractivity contribution in [1.29, 1.82) is 0 Å². The van der Waals surface area contributed by atoms with Crippen LogP contribution in [0.1, 0.15) is 26.7 Å². The molecule has 2 aromatic carbocycles. The fraction of sp³-hybridized carbons (Fsp3) is 0.375. The quantitative estimate of drug-likeness (QED) is 0.532. The zero-order valence-electron chi connectivity index (χ0n) is 18.9. The van der Waals surface area contributed by atoms with Gasteiger partial charge in [-0.05, 0) is 54.2 Å². The number of nitrogens with zero attached hydrogens (tertiary/aromatic N) is 1. The minimum Gasteiger partial charge on any atom is -0.453 e. The Kier molecular flexibility index (Phi) is 8.16. The summed E-state index contributed by atoms with van der Waals surface area (Å²) in [6.45, 7) is 4.12. The van der Waals surface area contributed by atoms with E-state index < -0.39 is 18.2 Å². The highest BCUT2D eigenvalue weighted by atomic mass is 35.5. The molecule has 3 rings (SSSR count). The molecule has 0 saturated carbocycles. The highest BCUT2D eigenvalue weighted by molar-refractivity contribution is 6.30. The maximum absolute atomic E-state index is 13.1. The molecule has 33 heavy (non-hydrogen) atoms. The topological polar surface area (TPSA) is 99.8 Å². The van der Waals surface area contributed by atoms with E-state index in [1.165, 1.54) is 12.0 Å². The summed E-state index contributed by atoms with van der Waals surface area (Å²) >= 11 is 5.97. The van der Waals surface area contributed by atoms with Crippen LogP contribution in [0.15, 0.2) is 48.5 Å². The summed E-state index contributed by atoms with van der Waals surface area (Å²) in [4.78, 5) is 39.2. The van der Waals surface area contributed by atoms with Gasteiger partial charge in [-0.3, -0.25) is 20.4 Å². The minimum atomic E-state index is -0.769. The van der Waals surface area contributed by atoms with E-state index in [2.05, 4.69) is 20.9 Å². The number of rotatable bonds is 7. The summed E-state index contributed by atoms with van der Waals surface area (Å²) in [5, 5.41) is 3.24. The number of hydrazine groups is 1. The summed E-state index contributed by atoms with van der Waals surface area (Å²) in [6, 6.07) is 13.7. The van der Waals surface area contributed by atoms with Gasteiger partial charge in [0, 0.05) is 11.6 Å². The first-order chi connectivity index (χ1) is 15.8. The number of hydrogen-bond acceptors (Lipinski definition) is 5. The third-order valence-corrected chi connectivity index (χ3v) is 5.85. The SMILES string of the molecule is COC(=O)NC(C(=O)N1CCCC1C(=O)NNc1cccc(-c2ccc(Cl)cc2)c1)C(C)C. The van der Waals surface area contributed by atoms with Gasteiger partial charge in [-0.1, -0.05) is 49.7 Å². The van der Waals surface area contributed by atoms with Gasteiger partial charge in [0.2, 0.25) is 5.91 Å². The minimum absolute atomic E-state index is 0.158. The molecule has 1 aliphatic heterocycles. The number of nitrogens with one attached hydrogen (secondary N) is 3. The molecule has 3 N–H and O–H groups in total. The Labute approximate surface area is 198 Å². The van der Waals surface area contributed by atoms with E-state index in [0.717, 1.165) is 11.1 Å². The zero-order valence-corrected chi connectivity index (χ0v) is 19.7. The Morgan fingerprint density at radius 3 is 2.48 bits per heavy atom. The molecular weight excluding hydrogens is 444 g/mol. The van der Waals surface area contributed by atoms with Crippen LogP contribution in [-0.4, -0.2) is 48.5 Å². The lowest BCUT2D eigenvalue weighted by molar-refractivity contribution is -0.140. The van der Waals surface area contributed by atoms with Gasteiger partial charge in [0.25, 0.3) is 5.91 Å². The first-order valence-electron chi connectivity index (χ1n) is 10.9. The van der Waals surface area contributed by atoms with E-state index in [9.17, 15) is 14.4 Å². The van der Waals surface area contributed by atoms with Crippen molar-refractivity contribution in [1.82, 2.24) is 15.6 Å². The van der Waals surface area contributed by atoms with E-state index in [1.807, 2.05) is 62.4 Å². The molecule has 0 aromatic heterocycles. The lowest BCUT2D eigenvalue weighted by Gasteiger charge is -2.30. The molecule has 176 valence electrons. The molecule has 8 nitrogen and oxygen atoms in total. The molecule has 0 radical (unpaired) electrons. The Hall–Kier alpha value is -3.26. The van der Waals surface area contributed by atoms with Crippen molar-refractivity contribution in [3.63, 3.8) is 0 Å².